The maximum atomic E-state index is 12.5. The Hall–Kier alpha value is -1.31. The number of nitrogens with one attached hydrogen (secondary N) is 1. The Labute approximate surface area is 136 Å². The third-order valence-corrected chi connectivity index (χ3v) is 5.12. The van der Waals surface area contributed by atoms with Crippen LogP contribution in [0.4, 0.5) is 11.4 Å². The monoisotopic (exact) mass is 389 g/mol. The highest BCUT2D eigenvalue weighted by Gasteiger charge is 2.20. The zero-order valence-corrected chi connectivity index (χ0v) is 14.5. The maximum absolute atomic E-state index is 12.5. The summed E-state index contributed by atoms with van der Waals surface area (Å²) in [6.07, 6.45) is 1.48. The summed E-state index contributed by atoms with van der Waals surface area (Å²) in [5.41, 5.74) is 7.95. The molecule has 3 N–H and O–H groups in total. The molecule has 1 aromatic carbocycles. The fourth-order valence-electron chi connectivity index (χ4n) is 1.74. The van der Waals surface area contributed by atoms with E-state index in [0.29, 0.717) is 4.47 Å². The van der Waals surface area contributed by atoms with Gasteiger partial charge in [0, 0.05) is 10.7 Å². The van der Waals surface area contributed by atoms with Crippen molar-refractivity contribution in [2.75, 3.05) is 10.5 Å². The number of rotatable bonds is 3. The molecule has 0 aliphatic carbocycles. The summed E-state index contributed by atoms with van der Waals surface area (Å²) >= 11 is 9.11. The number of nitrogens with two attached hydrogens (primary N) is 1. The van der Waals surface area contributed by atoms with Gasteiger partial charge in [0.1, 0.15) is 4.90 Å². The second kappa shape index (κ2) is 5.82. The number of nitrogens with zero attached hydrogens (tertiary/aromatic N) is 1. The molecular weight excluding hydrogens is 378 g/mol. The lowest BCUT2D eigenvalue weighted by molar-refractivity contribution is 0.601. The van der Waals surface area contributed by atoms with Gasteiger partial charge >= 0.3 is 0 Å². The lowest BCUT2D eigenvalue weighted by atomic mass is 10.1. The molecule has 0 unspecified atom stereocenters. The predicted octanol–water partition coefficient (Wildman–Crippen LogP) is 3.50. The molecule has 112 valence electrons. The third-order valence-electron chi connectivity index (χ3n) is 2.97. The fraction of sp³-hybridized carbons (Fsp3) is 0.154. The minimum atomic E-state index is -3.84. The molecule has 1 aromatic heterocycles. The Balaban J connectivity index is 2.48. The van der Waals surface area contributed by atoms with Crippen molar-refractivity contribution >= 4 is 48.9 Å². The number of benzene rings is 1. The van der Waals surface area contributed by atoms with E-state index in [0.717, 1.165) is 11.1 Å². The van der Waals surface area contributed by atoms with Crippen LogP contribution in [-0.4, -0.2) is 13.4 Å². The topological polar surface area (TPSA) is 85.1 Å². The first-order valence-corrected chi connectivity index (χ1v) is 8.56. The summed E-state index contributed by atoms with van der Waals surface area (Å²) in [6, 6.07) is 4.70. The number of aryl methyl sites for hydroxylation is 2. The Kier molecular flexibility index (Phi) is 4.46. The molecule has 0 atom stereocenters. The van der Waals surface area contributed by atoms with E-state index in [2.05, 4.69) is 25.6 Å². The molecule has 0 amide bonds. The molecule has 0 aliphatic rings. The first-order valence-electron chi connectivity index (χ1n) is 5.91. The van der Waals surface area contributed by atoms with E-state index in [1.165, 1.54) is 18.3 Å². The minimum Gasteiger partial charge on any atom is -0.398 e. The van der Waals surface area contributed by atoms with Gasteiger partial charge in [0.2, 0.25) is 0 Å². The average molecular weight is 391 g/mol. The van der Waals surface area contributed by atoms with Gasteiger partial charge in [-0.25, -0.2) is 13.4 Å². The quantitative estimate of drug-likeness (QED) is 0.620. The Morgan fingerprint density at radius 1 is 1.24 bits per heavy atom. The van der Waals surface area contributed by atoms with Crippen LogP contribution >= 0.6 is 27.5 Å². The van der Waals surface area contributed by atoms with Crippen LogP contribution in [0.5, 0.6) is 0 Å². The molecule has 0 spiro atoms. The van der Waals surface area contributed by atoms with Gasteiger partial charge in [-0.15, -0.1) is 0 Å². The van der Waals surface area contributed by atoms with E-state index in [-0.39, 0.29) is 21.4 Å². The average Bonchev–Trinajstić information content (AvgIpc) is 2.37. The standard InChI is InChI=1S/C13H13BrClN3O2S/c1-7-3-10(16)12(4-8(7)2)21(19,20)18-11-5-9(14)6-17-13(11)15/h3-6,18H,16H2,1-2H3. The molecule has 1 heterocycles. The number of hydrogen-bond donors (Lipinski definition) is 2. The summed E-state index contributed by atoms with van der Waals surface area (Å²) in [7, 11) is -3.84. The van der Waals surface area contributed by atoms with Crippen molar-refractivity contribution in [1.82, 2.24) is 4.98 Å². The van der Waals surface area contributed by atoms with Crippen molar-refractivity contribution in [3.05, 3.63) is 45.1 Å². The highest BCUT2D eigenvalue weighted by atomic mass is 79.9. The normalized spacial score (nSPS) is 11.4. The molecule has 0 bridgehead atoms. The van der Waals surface area contributed by atoms with Crippen LogP contribution in [0.1, 0.15) is 11.1 Å². The second-order valence-corrected chi connectivity index (χ2v) is 7.50. The number of aromatic nitrogens is 1. The summed E-state index contributed by atoms with van der Waals surface area (Å²) in [5, 5.41) is 0.0594. The van der Waals surface area contributed by atoms with Crippen LogP contribution in [0.15, 0.2) is 33.8 Å². The Bertz CT molecular complexity index is 809. The number of nitrogen functional groups attached to an aromatic ring is 1. The van der Waals surface area contributed by atoms with Gasteiger partial charge in [0.25, 0.3) is 10.0 Å². The summed E-state index contributed by atoms with van der Waals surface area (Å²) < 4.78 is 27.9. The van der Waals surface area contributed by atoms with Crippen molar-refractivity contribution in [3.63, 3.8) is 0 Å². The highest BCUT2D eigenvalue weighted by Crippen LogP contribution is 2.28. The van der Waals surface area contributed by atoms with Crippen LogP contribution in [0.3, 0.4) is 0 Å². The Morgan fingerprint density at radius 3 is 2.52 bits per heavy atom. The van der Waals surface area contributed by atoms with Crippen molar-refractivity contribution < 1.29 is 8.42 Å². The largest absolute Gasteiger partial charge is 0.398 e. The molecular formula is C13H13BrClN3O2S. The van der Waals surface area contributed by atoms with E-state index >= 15 is 0 Å². The first-order chi connectivity index (χ1) is 9.70. The molecule has 0 saturated heterocycles. The molecule has 0 aliphatic heterocycles. The SMILES string of the molecule is Cc1cc(N)c(S(=O)(=O)Nc2cc(Br)cnc2Cl)cc1C. The van der Waals surface area contributed by atoms with Crippen molar-refractivity contribution in [3.8, 4) is 0 Å². The molecule has 2 aromatic rings. The lowest BCUT2D eigenvalue weighted by Crippen LogP contribution is -2.16. The van der Waals surface area contributed by atoms with E-state index in [4.69, 9.17) is 17.3 Å². The number of sulfonamides is 1. The van der Waals surface area contributed by atoms with E-state index in [9.17, 15) is 8.42 Å². The van der Waals surface area contributed by atoms with Crippen LogP contribution in [0.25, 0.3) is 0 Å². The van der Waals surface area contributed by atoms with Gasteiger partial charge < -0.3 is 5.73 Å². The highest BCUT2D eigenvalue weighted by molar-refractivity contribution is 9.10. The molecule has 0 saturated carbocycles. The molecule has 21 heavy (non-hydrogen) atoms. The van der Waals surface area contributed by atoms with Crippen LogP contribution in [0.2, 0.25) is 5.15 Å². The Morgan fingerprint density at radius 2 is 1.86 bits per heavy atom. The van der Waals surface area contributed by atoms with E-state index in [1.807, 2.05) is 13.8 Å². The molecule has 8 heteroatoms. The lowest BCUT2D eigenvalue weighted by Gasteiger charge is -2.13. The van der Waals surface area contributed by atoms with Gasteiger partial charge in [-0.05, 0) is 59.1 Å². The van der Waals surface area contributed by atoms with E-state index < -0.39 is 10.0 Å². The van der Waals surface area contributed by atoms with Gasteiger partial charge in [0.05, 0.1) is 11.4 Å². The van der Waals surface area contributed by atoms with Crippen LogP contribution < -0.4 is 10.5 Å². The third kappa shape index (κ3) is 3.48. The predicted molar refractivity (Wildman–Crippen MR) is 88.1 cm³/mol. The summed E-state index contributed by atoms with van der Waals surface area (Å²) in [4.78, 5) is 3.89. The zero-order chi connectivity index (χ0) is 15.8. The summed E-state index contributed by atoms with van der Waals surface area (Å²) in [6.45, 7) is 3.69. The summed E-state index contributed by atoms with van der Waals surface area (Å²) in [5.74, 6) is 0. The molecule has 0 fully saturated rings. The number of anilines is 2. The van der Waals surface area contributed by atoms with Gasteiger partial charge in [-0.2, -0.15) is 0 Å². The van der Waals surface area contributed by atoms with Gasteiger partial charge in [-0.1, -0.05) is 11.6 Å². The smallest absolute Gasteiger partial charge is 0.264 e. The molecule has 2 rings (SSSR count). The second-order valence-electron chi connectivity index (χ2n) is 4.57. The van der Waals surface area contributed by atoms with E-state index in [1.54, 1.807) is 6.07 Å². The molecule has 0 radical (unpaired) electrons. The van der Waals surface area contributed by atoms with Crippen LogP contribution in [0, 0.1) is 13.8 Å². The molecule has 5 nitrogen and oxygen atoms in total. The van der Waals surface area contributed by atoms with Crippen molar-refractivity contribution in [2.45, 2.75) is 18.7 Å². The number of halogens is 2. The van der Waals surface area contributed by atoms with Crippen LogP contribution in [-0.2, 0) is 10.0 Å². The zero-order valence-electron chi connectivity index (χ0n) is 11.3. The fourth-order valence-corrected chi connectivity index (χ4v) is 3.53. The van der Waals surface area contributed by atoms with Crippen molar-refractivity contribution in [2.24, 2.45) is 0 Å². The number of pyridine rings is 1. The minimum absolute atomic E-state index is 0.0154. The van der Waals surface area contributed by atoms with Gasteiger partial charge in [-0.3, -0.25) is 4.72 Å². The maximum Gasteiger partial charge on any atom is 0.264 e. The van der Waals surface area contributed by atoms with Gasteiger partial charge in [0.15, 0.2) is 5.15 Å². The first kappa shape index (κ1) is 16.1. The number of hydrogen-bond acceptors (Lipinski definition) is 4. The van der Waals surface area contributed by atoms with Crippen molar-refractivity contribution in [1.29, 1.82) is 0 Å².